The molecule has 0 aromatic carbocycles. The van der Waals surface area contributed by atoms with Crippen molar-refractivity contribution in [2.45, 2.75) is 170 Å². The van der Waals surface area contributed by atoms with Crippen LogP contribution >= 0.6 is 0 Å². The van der Waals surface area contributed by atoms with Crippen LogP contribution in [0.3, 0.4) is 0 Å². The minimum atomic E-state index is -1.19. The standard InChI is InChI=1S/C11H16N4.C11H14N4.C10H14N4O.C8H10N4O.C8H8N4O.C6H6N4O.C6H4N4O.2C5H8O2.C3H6N4O.C2H4O3.CH6N4.2CO2.CH4/c2*1-4-5-6-10-13-11-12-8(2)7-9(3)15(11)14-10;1-7-6-8(2)14-10(11-7)12-9(13-14)4-5-15-3;2*1-5-3-6(2)12-8(9-5)10-7(4-13)11-12;2*11-4-5-8-6-7-2-1-3-10(6)9-5;1-4(6)3-5(2)7;1-3-5(6)7-4-2;4-3-5-2(1-8)6-7-3;3-1-2(4)5;2-1(3)5-4;2*2-1-3;/h7H,4-6H2,1-3H3;5-7H,4H2,1-3H3;6H,4-5H2,1-3H3;3,13H,4H2,1-2H3;3-4H,1-2H3;1-3,11H,4H2;1-4H;3H2,1-2H3;3H,1,4H2,2H3;8H,1H2,(H3,4,5,6,7);3H,1H2,(H,4,5);4H2,(H4,2,3,5);;;1H4/b;6-5+;;;;;;;;;;;;;. The number of rotatable bonds is 18. The number of aliphatic hydroxyl groups excluding tert-OH is 4. The Balaban J connectivity index is 0.000000725. The normalized spacial score (nSPS) is 9.79. The number of carboxylic acid groups (broad SMARTS) is 1. The van der Waals surface area contributed by atoms with Crippen molar-refractivity contribution in [2.24, 2.45) is 22.4 Å². The molecule has 15 aromatic rings. The highest BCUT2D eigenvalue weighted by atomic mass is 16.5. The number of aldehydes is 2. The molecule has 0 bridgehead atoms. The number of hydrogen-bond donors (Lipinski definition) is 10. The van der Waals surface area contributed by atoms with E-state index in [2.05, 4.69) is 157 Å². The number of ketones is 2. The first-order valence-electron chi connectivity index (χ1n) is 38.7. The molecule has 0 aliphatic rings. The molecule has 0 saturated heterocycles. The molecule has 15 rings (SSSR count). The van der Waals surface area contributed by atoms with Crippen LogP contribution in [0.4, 0.5) is 5.95 Å². The molecule has 0 atom stereocenters. The zero-order valence-electron chi connectivity index (χ0n) is 74.7. The predicted molar refractivity (Wildman–Crippen MR) is 470 cm³/mol. The Kier molecular flexibility index (Phi) is 53.2. The van der Waals surface area contributed by atoms with Crippen molar-refractivity contribution in [2.75, 3.05) is 32.7 Å². The number of allylic oxidation sites excluding steroid dienone is 1. The Bertz CT molecular complexity index is 6070. The topological polar surface area (TPSA) is 750 Å². The Hall–Kier alpha value is -16.5. The van der Waals surface area contributed by atoms with E-state index in [1.54, 1.807) is 69.0 Å². The number of hydrogen-bond acceptors (Lipinski definition) is 42. The number of aliphatic hydroxyl groups is 4. The van der Waals surface area contributed by atoms with E-state index >= 15 is 0 Å². The highest BCUT2D eigenvalue weighted by molar-refractivity contribution is 5.96. The number of nitrogen functional groups attached to an aromatic ring is 1. The summed E-state index contributed by atoms with van der Waals surface area (Å²) in [5.41, 5.74) is 24.3. The maximum absolute atomic E-state index is 10.4. The van der Waals surface area contributed by atoms with Gasteiger partial charge in [0.2, 0.25) is 23.6 Å². The van der Waals surface area contributed by atoms with Crippen LogP contribution in [-0.4, -0.2) is 259 Å². The van der Waals surface area contributed by atoms with Crippen molar-refractivity contribution in [3.05, 3.63) is 190 Å². The lowest BCUT2D eigenvalue weighted by atomic mass is 10.2. The number of nitrogens with two attached hydrogens (primary N) is 4. The summed E-state index contributed by atoms with van der Waals surface area (Å²) in [5.74, 6) is 10.8. The summed E-state index contributed by atoms with van der Waals surface area (Å²) in [7, 11) is 1.67. The van der Waals surface area contributed by atoms with Crippen LogP contribution in [0, 0.1) is 69.2 Å². The molecule has 0 amide bonds. The van der Waals surface area contributed by atoms with E-state index < -0.39 is 12.6 Å². The second-order valence-electron chi connectivity index (χ2n) is 25.8. The van der Waals surface area contributed by atoms with Crippen molar-refractivity contribution in [3.63, 3.8) is 0 Å². The second kappa shape index (κ2) is 61.8. The summed E-state index contributed by atoms with van der Waals surface area (Å²) < 4.78 is 20.9. The van der Waals surface area contributed by atoms with Gasteiger partial charge in [0, 0.05) is 108 Å². The number of carboxylic acids is 1. The fraction of sp³-hybridized carbons (Fsp3) is 0.367. The van der Waals surface area contributed by atoms with Crippen molar-refractivity contribution in [3.8, 4) is 0 Å². The lowest BCUT2D eigenvalue weighted by Crippen LogP contribution is -2.23. The number of anilines is 1. The number of carbonyl (C=O) groups excluding carboxylic acids is 9. The zero-order chi connectivity index (χ0) is 98.2. The van der Waals surface area contributed by atoms with E-state index in [0.717, 1.165) is 112 Å². The Labute approximate surface area is 753 Å². The fourth-order valence-electron chi connectivity index (χ4n) is 9.71. The van der Waals surface area contributed by atoms with Crippen LogP contribution in [0.15, 0.2) is 91.1 Å². The van der Waals surface area contributed by atoms with E-state index in [1.165, 1.54) is 29.3 Å². The summed E-state index contributed by atoms with van der Waals surface area (Å²) >= 11 is 0. The van der Waals surface area contributed by atoms with Gasteiger partial charge in [-0.15, -0.1) is 45.9 Å². The number of nitrogens with zero attached hydrogens (tertiary/aromatic N) is 31. The Morgan fingerprint density at radius 2 is 0.879 bits per heavy atom. The summed E-state index contributed by atoms with van der Waals surface area (Å²) in [5, 5.41) is 78.5. The SMILES string of the molecule is C.C=CC(=O)OCC.CC(=O)CC(C)=O.CC/C=C/c1nc2nc(C)cc(C)n2n1.CCCCc1nc2nc(C)cc(C)n2n1.COCCc1nc2nc(C)cc(C)n2n1.Cc1cc(C)n2nc(C=O)nc2n1.Cc1cc(C)n2nc(CO)nc2n1.NN=C(N)N.Nc1n[nH]c(CO)n1.O=C(O)CO.O=C=O.O=C=O.O=Cc1nc2ncccn2n1.OCc1nc2ncccn2n1. The minimum Gasteiger partial charge on any atom is -0.480 e. The minimum absolute atomic E-state index is 0. The molecule has 0 aliphatic heterocycles. The largest absolute Gasteiger partial charge is 0.480 e. The number of H-pyrrole nitrogens is 1. The van der Waals surface area contributed by atoms with Crippen LogP contribution in [0.25, 0.3) is 46.5 Å². The highest BCUT2D eigenvalue weighted by Crippen LogP contribution is 2.12. The van der Waals surface area contributed by atoms with Gasteiger partial charge in [-0.25, -0.2) is 76.1 Å². The van der Waals surface area contributed by atoms with Crippen molar-refractivity contribution >= 4 is 107 Å². The maximum atomic E-state index is 10.4. The third-order valence-electron chi connectivity index (χ3n) is 14.8. The number of Topliss-reactive ketones (excluding diaryl/α,β-unsaturated/α-hetero) is 2. The lowest BCUT2D eigenvalue weighted by molar-refractivity contribution is -0.193. The quantitative estimate of drug-likeness (QED) is 0.00861. The van der Waals surface area contributed by atoms with Gasteiger partial charge in [-0.05, 0) is 151 Å². The number of aromatic amines is 1. The molecule has 0 radical (unpaired) electrons. The molecule has 15 heterocycles. The number of fused-ring (bicyclic) bond motifs is 7. The molecule has 14 N–H and O–H groups in total. The molecule has 0 aliphatic carbocycles. The van der Waals surface area contributed by atoms with Gasteiger partial charge in [0.25, 0.3) is 40.4 Å². The van der Waals surface area contributed by atoms with Crippen LogP contribution in [0.1, 0.15) is 181 Å². The molecule has 0 saturated carbocycles. The van der Waals surface area contributed by atoms with E-state index in [4.69, 9.17) is 71.4 Å². The Morgan fingerprint density at radius 3 is 1.20 bits per heavy atom. The fourth-order valence-corrected chi connectivity index (χ4v) is 9.71. The van der Waals surface area contributed by atoms with Gasteiger partial charge < -0.3 is 58.1 Å². The van der Waals surface area contributed by atoms with Crippen molar-refractivity contribution < 1.29 is 83.0 Å². The number of methoxy groups -OCH3 is 1. The first kappa shape index (κ1) is 114. The van der Waals surface area contributed by atoms with Crippen LogP contribution in [0.2, 0.25) is 0 Å². The van der Waals surface area contributed by atoms with Gasteiger partial charge in [0.1, 0.15) is 38.0 Å². The van der Waals surface area contributed by atoms with E-state index in [0.29, 0.717) is 77.9 Å². The molecular formula is C79H108N36O17. The van der Waals surface area contributed by atoms with E-state index in [-0.39, 0.29) is 87.1 Å². The maximum Gasteiger partial charge on any atom is 0.373 e. The number of unbranched alkanes of at least 4 members (excludes halogenated alkanes) is 1. The van der Waals surface area contributed by atoms with Gasteiger partial charge in [-0.1, -0.05) is 40.3 Å². The first-order valence-corrected chi connectivity index (χ1v) is 38.7. The van der Waals surface area contributed by atoms with Gasteiger partial charge in [0.15, 0.2) is 47.5 Å². The molecule has 132 heavy (non-hydrogen) atoms. The number of hydrazone groups is 1. The predicted octanol–water partition coefficient (Wildman–Crippen LogP) is 2.35. The number of guanidine groups is 1. The lowest BCUT2D eigenvalue weighted by Gasteiger charge is -1.97. The number of ether oxygens (including phenoxy) is 2. The number of aliphatic carboxylic acids is 1. The average Bonchev–Trinajstić information content (AvgIpc) is 1.69. The molecule has 0 fully saturated rings. The zero-order valence-corrected chi connectivity index (χ0v) is 74.7. The van der Waals surface area contributed by atoms with Crippen LogP contribution < -0.4 is 23.0 Å². The summed E-state index contributed by atoms with van der Waals surface area (Å²) in [6.45, 7) is 31.4. The monoisotopic (exact) mass is 1830 g/mol. The van der Waals surface area contributed by atoms with Gasteiger partial charge in [0.05, 0.1) is 19.6 Å². The Morgan fingerprint density at radius 1 is 0.523 bits per heavy atom. The number of carbonyl (C=O) groups is 6. The number of esters is 1. The summed E-state index contributed by atoms with van der Waals surface area (Å²) in [4.78, 5) is 154. The smallest absolute Gasteiger partial charge is 0.373 e. The molecular weight excluding hydrogens is 1730 g/mol. The number of nitrogens with one attached hydrogen (secondary N) is 1. The van der Waals surface area contributed by atoms with Gasteiger partial charge in [-0.2, -0.15) is 59.0 Å². The molecule has 53 heteroatoms. The van der Waals surface area contributed by atoms with E-state index in [9.17, 15) is 24.0 Å². The van der Waals surface area contributed by atoms with Crippen molar-refractivity contribution in [1.82, 2.24) is 152 Å². The molecule has 53 nitrogen and oxygen atoms in total. The third-order valence-corrected chi connectivity index (χ3v) is 14.8. The van der Waals surface area contributed by atoms with Crippen LogP contribution in [0.5, 0.6) is 0 Å². The molecule has 15 aromatic heterocycles. The number of aryl methyl sites for hydroxylation is 11. The van der Waals surface area contributed by atoms with Crippen molar-refractivity contribution in [1.29, 1.82) is 0 Å². The summed E-state index contributed by atoms with van der Waals surface area (Å²) in [6, 6.07) is 13.3. The third kappa shape index (κ3) is 41.8. The first-order chi connectivity index (χ1) is 62.4. The molecule has 706 valence electrons. The summed E-state index contributed by atoms with van der Waals surface area (Å²) in [6.07, 6.45) is 18.5. The van der Waals surface area contributed by atoms with Gasteiger partial charge in [-0.3, -0.25) is 24.3 Å². The van der Waals surface area contributed by atoms with E-state index in [1.807, 2.05) is 116 Å². The average molecular weight is 1830 g/mol. The molecule has 0 spiro atoms. The van der Waals surface area contributed by atoms with Gasteiger partial charge >= 0.3 is 24.2 Å². The second-order valence-corrected chi connectivity index (χ2v) is 25.8. The highest BCUT2D eigenvalue weighted by Gasteiger charge is 2.12. The molecule has 0 unspecified atom stereocenters. The number of aromatic nitrogens is 31. The van der Waals surface area contributed by atoms with Crippen LogP contribution in [-0.2, 0) is 80.5 Å².